The minimum atomic E-state index is -2.52. The molecule has 0 bridgehead atoms. The van der Waals surface area contributed by atoms with E-state index in [-0.39, 0.29) is 5.91 Å². The SMILES string of the molecule is CCC1(CC(F)F)C(=O)NC(C)(C)c2ccc(Br)cc21. The standard InChI is InChI=1S/C15H18BrF2NO/c1-4-15(8-12(17)18)11-7-9(16)5-6-10(11)14(2,3)19-13(15)20/h5-7,12H,4,8H2,1-3H3,(H,19,20). The quantitative estimate of drug-likeness (QED) is 0.877. The van der Waals surface area contributed by atoms with Crippen molar-refractivity contribution >= 4 is 21.8 Å². The average Bonchev–Trinajstić information content (AvgIpc) is 2.33. The number of hydrogen-bond acceptors (Lipinski definition) is 1. The van der Waals surface area contributed by atoms with Crippen LogP contribution in [0.15, 0.2) is 22.7 Å². The zero-order valence-electron chi connectivity index (χ0n) is 11.8. The lowest BCUT2D eigenvalue weighted by Crippen LogP contribution is -2.57. The van der Waals surface area contributed by atoms with Crippen LogP contribution in [0.4, 0.5) is 8.78 Å². The number of amides is 1. The maximum atomic E-state index is 13.0. The Hall–Kier alpha value is -0.970. The maximum Gasteiger partial charge on any atom is 0.240 e. The molecular formula is C15H18BrF2NO. The Morgan fingerprint density at radius 2 is 1.95 bits per heavy atom. The summed E-state index contributed by atoms with van der Waals surface area (Å²) in [5, 5.41) is 2.89. The van der Waals surface area contributed by atoms with E-state index in [1.807, 2.05) is 32.0 Å². The molecule has 20 heavy (non-hydrogen) atoms. The minimum absolute atomic E-state index is 0.309. The number of rotatable bonds is 3. The van der Waals surface area contributed by atoms with Crippen molar-refractivity contribution in [2.75, 3.05) is 0 Å². The van der Waals surface area contributed by atoms with Crippen LogP contribution in [0.5, 0.6) is 0 Å². The number of carbonyl (C=O) groups is 1. The van der Waals surface area contributed by atoms with Crippen LogP contribution in [0.1, 0.15) is 44.7 Å². The first-order chi connectivity index (χ1) is 9.23. The van der Waals surface area contributed by atoms with Gasteiger partial charge in [-0.2, -0.15) is 0 Å². The number of fused-ring (bicyclic) bond motifs is 1. The molecule has 1 atom stereocenters. The van der Waals surface area contributed by atoms with Crippen molar-refractivity contribution in [1.29, 1.82) is 0 Å². The van der Waals surface area contributed by atoms with E-state index in [2.05, 4.69) is 21.2 Å². The van der Waals surface area contributed by atoms with Gasteiger partial charge in [-0.3, -0.25) is 4.79 Å². The first-order valence-electron chi connectivity index (χ1n) is 6.64. The van der Waals surface area contributed by atoms with E-state index in [0.717, 1.165) is 10.0 Å². The highest BCUT2D eigenvalue weighted by Gasteiger charge is 2.49. The predicted molar refractivity (Wildman–Crippen MR) is 77.9 cm³/mol. The lowest BCUT2D eigenvalue weighted by molar-refractivity contribution is -0.131. The summed E-state index contributed by atoms with van der Waals surface area (Å²) in [6.45, 7) is 5.56. The molecule has 110 valence electrons. The first kappa shape index (κ1) is 15.4. The van der Waals surface area contributed by atoms with E-state index in [1.165, 1.54) is 0 Å². The second-order valence-corrected chi connectivity index (χ2v) is 6.72. The molecule has 0 aliphatic carbocycles. The molecule has 1 aromatic rings. The zero-order chi connectivity index (χ0) is 15.1. The molecule has 1 heterocycles. The average molecular weight is 346 g/mol. The van der Waals surface area contributed by atoms with Crippen LogP contribution < -0.4 is 5.32 Å². The third kappa shape index (κ3) is 2.36. The fourth-order valence-corrected chi connectivity index (χ4v) is 3.37. The van der Waals surface area contributed by atoms with E-state index >= 15 is 0 Å². The Morgan fingerprint density at radius 3 is 2.50 bits per heavy atom. The normalized spacial score (nSPS) is 24.4. The third-order valence-corrected chi connectivity index (χ3v) is 4.63. The molecule has 0 aromatic heterocycles. The molecule has 0 spiro atoms. The fourth-order valence-electron chi connectivity index (χ4n) is 3.01. The number of alkyl halides is 2. The molecule has 0 saturated carbocycles. The van der Waals surface area contributed by atoms with Crippen LogP contribution >= 0.6 is 15.9 Å². The number of hydrogen-bond donors (Lipinski definition) is 1. The topological polar surface area (TPSA) is 29.1 Å². The molecule has 0 saturated heterocycles. The van der Waals surface area contributed by atoms with Crippen LogP contribution in [-0.2, 0) is 15.7 Å². The number of benzene rings is 1. The number of halogens is 3. The van der Waals surface area contributed by atoms with Crippen LogP contribution in [-0.4, -0.2) is 12.3 Å². The number of nitrogens with one attached hydrogen (secondary N) is 1. The van der Waals surface area contributed by atoms with Gasteiger partial charge < -0.3 is 5.32 Å². The van der Waals surface area contributed by atoms with E-state index in [9.17, 15) is 13.6 Å². The van der Waals surface area contributed by atoms with E-state index in [1.54, 1.807) is 6.92 Å². The van der Waals surface area contributed by atoms with Gasteiger partial charge in [-0.15, -0.1) is 0 Å². The van der Waals surface area contributed by atoms with Crippen molar-refractivity contribution in [3.05, 3.63) is 33.8 Å². The molecule has 1 unspecified atom stereocenters. The fraction of sp³-hybridized carbons (Fsp3) is 0.533. The van der Waals surface area contributed by atoms with Gasteiger partial charge in [0.1, 0.15) is 0 Å². The molecule has 1 amide bonds. The predicted octanol–water partition coefficient (Wildman–Crippen LogP) is 4.12. The first-order valence-corrected chi connectivity index (χ1v) is 7.43. The highest BCUT2D eigenvalue weighted by Crippen LogP contribution is 2.44. The summed E-state index contributed by atoms with van der Waals surface area (Å²) in [6, 6.07) is 5.58. The van der Waals surface area contributed by atoms with Gasteiger partial charge in [-0.25, -0.2) is 8.78 Å². The minimum Gasteiger partial charge on any atom is -0.346 e. The van der Waals surface area contributed by atoms with Crippen LogP contribution in [0.3, 0.4) is 0 Å². The van der Waals surface area contributed by atoms with Crippen molar-refractivity contribution in [2.24, 2.45) is 0 Å². The Balaban J connectivity index is 2.70. The maximum absolute atomic E-state index is 13.0. The summed E-state index contributed by atoms with van der Waals surface area (Å²) in [5.41, 5.74) is -0.0808. The molecule has 5 heteroatoms. The summed E-state index contributed by atoms with van der Waals surface area (Å²) in [5.74, 6) is -0.309. The van der Waals surface area contributed by atoms with Crippen molar-refractivity contribution in [1.82, 2.24) is 5.32 Å². The van der Waals surface area contributed by atoms with E-state index in [4.69, 9.17) is 0 Å². The molecule has 1 aliphatic rings. The van der Waals surface area contributed by atoms with E-state index in [0.29, 0.717) is 12.0 Å². The van der Waals surface area contributed by atoms with Crippen LogP contribution in [0, 0.1) is 0 Å². The summed E-state index contributed by atoms with van der Waals surface area (Å²) in [4.78, 5) is 12.5. The van der Waals surface area contributed by atoms with Gasteiger partial charge in [0.15, 0.2) is 0 Å². The second kappa shape index (κ2) is 5.10. The molecule has 2 nitrogen and oxygen atoms in total. The Labute approximate surface area is 126 Å². The van der Waals surface area contributed by atoms with Gasteiger partial charge in [0.05, 0.1) is 11.0 Å². The Kier molecular flexibility index (Phi) is 3.93. The smallest absolute Gasteiger partial charge is 0.240 e. The lowest BCUT2D eigenvalue weighted by atomic mass is 9.67. The molecule has 1 N–H and O–H groups in total. The van der Waals surface area contributed by atoms with Gasteiger partial charge in [-0.1, -0.05) is 28.9 Å². The van der Waals surface area contributed by atoms with Gasteiger partial charge in [-0.05, 0) is 43.5 Å². The van der Waals surface area contributed by atoms with Gasteiger partial charge >= 0.3 is 0 Å². The summed E-state index contributed by atoms with van der Waals surface area (Å²) in [7, 11) is 0. The van der Waals surface area contributed by atoms with Gasteiger partial charge in [0.2, 0.25) is 12.3 Å². The lowest BCUT2D eigenvalue weighted by Gasteiger charge is -2.44. The molecular weight excluding hydrogens is 328 g/mol. The summed E-state index contributed by atoms with van der Waals surface area (Å²) >= 11 is 3.38. The van der Waals surface area contributed by atoms with Crippen LogP contribution in [0.25, 0.3) is 0 Å². The monoisotopic (exact) mass is 345 g/mol. The largest absolute Gasteiger partial charge is 0.346 e. The highest BCUT2D eigenvalue weighted by molar-refractivity contribution is 9.10. The van der Waals surface area contributed by atoms with Gasteiger partial charge in [0.25, 0.3) is 0 Å². The van der Waals surface area contributed by atoms with Crippen molar-refractivity contribution in [3.8, 4) is 0 Å². The summed E-state index contributed by atoms with van der Waals surface area (Å²) in [6.07, 6.45) is -2.62. The third-order valence-electron chi connectivity index (χ3n) is 4.14. The molecule has 2 rings (SSSR count). The van der Waals surface area contributed by atoms with E-state index < -0.39 is 23.8 Å². The van der Waals surface area contributed by atoms with Crippen molar-refractivity contribution in [2.45, 2.75) is 51.0 Å². The Bertz CT molecular complexity index is 545. The van der Waals surface area contributed by atoms with Gasteiger partial charge in [0, 0.05) is 10.9 Å². The highest BCUT2D eigenvalue weighted by atomic mass is 79.9. The van der Waals surface area contributed by atoms with Crippen LogP contribution in [0.2, 0.25) is 0 Å². The Morgan fingerprint density at radius 1 is 1.30 bits per heavy atom. The van der Waals surface area contributed by atoms with Crippen molar-refractivity contribution < 1.29 is 13.6 Å². The molecule has 1 aliphatic heterocycles. The summed E-state index contributed by atoms with van der Waals surface area (Å²) < 4.78 is 26.8. The number of carbonyl (C=O) groups excluding carboxylic acids is 1. The molecule has 0 radical (unpaired) electrons. The zero-order valence-corrected chi connectivity index (χ0v) is 13.4. The molecule has 1 aromatic carbocycles. The van der Waals surface area contributed by atoms with Crippen molar-refractivity contribution in [3.63, 3.8) is 0 Å². The molecule has 0 fully saturated rings. The second-order valence-electron chi connectivity index (χ2n) is 5.80.